The third-order valence-corrected chi connectivity index (χ3v) is 6.02. The summed E-state index contributed by atoms with van der Waals surface area (Å²) in [7, 11) is -2.94. The van der Waals surface area contributed by atoms with Crippen LogP contribution < -0.4 is 0 Å². The van der Waals surface area contributed by atoms with Gasteiger partial charge in [0.05, 0.1) is 5.25 Å². The summed E-state index contributed by atoms with van der Waals surface area (Å²) in [5, 5.41) is -0.243. The number of amides is 1. The van der Waals surface area contributed by atoms with Gasteiger partial charge in [-0.2, -0.15) is 0 Å². The normalized spacial score (nSPS) is 23.5. The molecule has 1 saturated carbocycles. The summed E-state index contributed by atoms with van der Waals surface area (Å²) in [6.45, 7) is 1.23. The number of piperidine rings is 1. The summed E-state index contributed by atoms with van der Waals surface area (Å²) in [5.74, 6) is 0.805. The molecule has 2 fully saturated rings. The first-order valence-corrected chi connectivity index (χ1v) is 8.89. The Morgan fingerprint density at radius 2 is 1.67 bits per heavy atom. The summed E-state index contributed by atoms with van der Waals surface area (Å²) >= 11 is 0. The van der Waals surface area contributed by atoms with Gasteiger partial charge in [-0.1, -0.05) is 12.8 Å². The molecule has 104 valence electrons. The first-order chi connectivity index (χ1) is 8.47. The topological polar surface area (TPSA) is 54.5 Å². The van der Waals surface area contributed by atoms with Gasteiger partial charge in [0.1, 0.15) is 9.84 Å². The standard InChI is InChI=1S/C13H23NO3S/c1-18(16,17)12-6-8-14(9-7-12)13(15)10-11-4-2-3-5-11/h11-12H,2-10H2,1H3. The lowest BCUT2D eigenvalue weighted by atomic mass is 10.0. The van der Waals surface area contributed by atoms with Crippen molar-refractivity contribution in [1.29, 1.82) is 0 Å². The third-order valence-electron chi connectivity index (χ3n) is 4.34. The van der Waals surface area contributed by atoms with Gasteiger partial charge in [-0.15, -0.1) is 0 Å². The lowest BCUT2D eigenvalue weighted by Gasteiger charge is -2.31. The number of hydrogen-bond donors (Lipinski definition) is 0. The fourth-order valence-corrected chi connectivity index (χ4v) is 4.19. The SMILES string of the molecule is CS(=O)(=O)C1CCN(C(=O)CC2CCCC2)CC1. The Morgan fingerprint density at radius 1 is 1.11 bits per heavy atom. The van der Waals surface area contributed by atoms with Gasteiger partial charge in [0.15, 0.2) is 0 Å². The molecule has 2 aliphatic rings. The second kappa shape index (κ2) is 5.59. The van der Waals surface area contributed by atoms with Crippen molar-refractivity contribution in [2.75, 3.05) is 19.3 Å². The molecule has 1 aliphatic carbocycles. The minimum Gasteiger partial charge on any atom is -0.343 e. The number of carbonyl (C=O) groups is 1. The zero-order valence-electron chi connectivity index (χ0n) is 11.1. The molecule has 0 unspecified atom stereocenters. The van der Waals surface area contributed by atoms with Crippen LogP contribution in [0.4, 0.5) is 0 Å². The second-order valence-corrected chi connectivity index (χ2v) is 8.09. The zero-order valence-corrected chi connectivity index (χ0v) is 11.9. The van der Waals surface area contributed by atoms with Gasteiger partial charge in [0.25, 0.3) is 0 Å². The number of hydrogen-bond acceptors (Lipinski definition) is 3. The van der Waals surface area contributed by atoms with E-state index in [4.69, 9.17) is 0 Å². The van der Waals surface area contributed by atoms with Crippen LogP contribution in [0.15, 0.2) is 0 Å². The van der Waals surface area contributed by atoms with Crippen LogP contribution >= 0.6 is 0 Å². The molecule has 1 amide bonds. The Balaban J connectivity index is 1.80. The van der Waals surface area contributed by atoms with E-state index >= 15 is 0 Å². The largest absolute Gasteiger partial charge is 0.343 e. The van der Waals surface area contributed by atoms with Crippen LogP contribution in [0.3, 0.4) is 0 Å². The van der Waals surface area contributed by atoms with Crippen LogP contribution in [-0.4, -0.2) is 43.8 Å². The molecular formula is C13H23NO3S. The number of nitrogens with zero attached hydrogens (tertiary/aromatic N) is 1. The van der Waals surface area contributed by atoms with Crippen LogP contribution in [0.5, 0.6) is 0 Å². The molecule has 5 heteroatoms. The van der Waals surface area contributed by atoms with Gasteiger partial charge in [0, 0.05) is 25.8 Å². The van der Waals surface area contributed by atoms with Crippen LogP contribution in [0, 0.1) is 5.92 Å². The summed E-state index contributed by atoms with van der Waals surface area (Å²) in [6.07, 6.45) is 8.07. The minimum absolute atomic E-state index is 0.230. The average Bonchev–Trinajstić information content (AvgIpc) is 2.81. The highest BCUT2D eigenvalue weighted by atomic mass is 32.2. The van der Waals surface area contributed by atoms with E-state index in [0.29, 0.717) is 38.3 Å². The van der Waals surface area contributed by atoms with Crippen molar-refractivity contribution in [3.8, 4) is 0 Å². The van der Waals surface area contributed by atoms with Crippen molar-refractivity contribution in [2.24, 2.45) is 5.92 Å². The molecule has 0 aromatic rings. The van der Waals surface area contributed by atoms with E-state index in [9.17, 15) is 13.2 Å². The third kappa shape index (κ3) is 3.46. The molecular weight excluding hydrogens is 250 g/mol. The van der Waals surface area contributed by atoms with E-state index < -0.39 is 9.84 Å². The van der Waals surface area contributed by atoms with Gasteiger partial charge in [-0.3, -0.25) is 4.79 Å². The highest BCUT2D eigenvalue weighted by Crippen LogP contribution is 2.28. The molecule has 2 rings (SSSR count). The van der Waals surface area contributed by atoms with E-state index in [-0.39, 0.29) is 11.2 Å². The second-order valence-electron chi connectivity index (χ2n) is 5.76. The molecule has 1 aliphatic heterocycles. The minimum atomic E-state index is -2.94. The monoisotopic (exact) mass is 273 g/mol. The predicted molar refractivity (Wildman–Crippen MR) is 71.0 cm³/mol. The smallest absolute Gasteiger partial charge is 0.222 e. The van der Waals surface area contributed by atoms with Crippen molar-refractivity contribution < 1.29 is 13.2 Å². The van der Waals surface area contributed by atoms with Crippen LogP contribution in [-0.2, 0) is 14.6 Å². The Hall–Kier alpha value is -0.580. The van der Waals surface area contributed by atoms with Crippen molar-refractivity contribution in [1.82, 2.24) is 4.90 Å². The van der Waals surface area contributed by atoms with E-state index in [1.165, 1.54) is 31.9 Å². The maximum Gasteiger partial charge on any atom is 0.222 e. The number of sulfone groups is 1. The first-order valence-electron chi connectivity index (χ1n) is 6.93. The van der Waals surface area contributed by atoms with Crippen molar-refractivity contribution >= 4 is 15.7 Å². The fraction of sp³-hybridized carbons (Fsp3) is 0.923. The van der Waals surface area contributed by atoms with Crippen molar-refractivity contribution in [2.45, 2.75) is 50.2 Å². The van der Waals surface area contributed by atoms with E-state index in [1.54, 1.807) is 0 Å². The quantitative estimate of drug-likeness (QED) is 0.785. The first kappa shape index (κ1) is 13.8. The van der Waals surface area contributed by atoms with Crippen LogP contribution in [0.25, 0.3) is 0 Å². The van der Waals surface area contributed by atoms with Crippen molar-refractivity contribution in [3.05, 3.63) is 0 Å². The number of likely N-dealkylation sites (tertiary alicyclic amines) is 1. The maximum absolute atomic E-state index is 12.1. The summed E-state index contributed by atoms with van der Waals surface area (Å²) in [4.78, 5) is 13.9. The number of carbonyl (C=O) groups excluding carboxylic acids is 1. The lowest BCUT2D eigenvalue weighted by molar-refractivity contribution is -0.133. The van der Waals surface area contributed by atoms with Gasteiger partial charge in [0.2, 0.25) is 5.91 Å². The molecule has 0 bridgehead atoms. The maximum atomic E-state index is 12.1. The van der Waals surface area contributed by atoms with Gasteiger partial charge in [-0.05, 0) is 31.6 Å². The molecule has 0 atom stereocenters. The molecule has 0 aromatic heterocycles. The molecule has 0 radical (unpaired) electrons. The molecule has 1 saturated heterocycles. The Bertz CT molecular complexity index is 390. The Morgan fingerprint density at radius 3 is 2.17 bits per heavy atom. The van der Waals surface area contributed by atoms with Gasteiger partial charge < -0.3 is 4.90 Å². The zero-order chi connectivity index (χ0) is 13.2. The lowest BCUT2D eigenvalue weighted by Crippen LogP contribution is -2.42. The van der Waals surface area contributed by atoms with Crippen LogP contribution in [0.2, 0.25) is 0 Å². The molecule has 0 spiro atoms. The Labute approximate surface area is 110 Å². The molecule has 0 N–H and O–H groups in total. The predicted octanol–water partition coefficient (Wildman–Crippen LogP) is 1.60. The van der Waals surface area contributed by atoms with E-state index in [0.717, 1.165) is 0 Å². The summed E-state index contributed by atoms with van der Waals surface area (Å²) < 4.78 is 22.9. The van der Waals surface area contributed by atoms with Crippen LogP contribution in [0.1, 0.15) is 44.9 Å². The summed E-state index contributed by atoms with van der Waals surface area (Å²) in [6, 6.07) is 0. The van der Waals surface area contributed by atoms with E-state index in [2.05, 4.69) is 0 Å². The highest BCUT2D eigenvalue weighted by molar-refractivity contribution is 7.91. The molecule has 4 nitrogen and oxygen atoms in total. The molecule has 1 heterocycles. The van der Waals surface area contributed by atoms with Gasteiger partial charge >= 0.3 is 0 Å². The number of rotatable bonds is 3. The summed E-state index contributed by atoms with van der Waals surface area (Å²) in [5.41, 5.74) is 0. The average molecular weight is 273 g/mol. The van der Waals surface area contributed by atoms with Gasteiger partial charge in [-0.25, -0.2) is 8.42 Å². The molecule has 0 aromatic carbocycles. The highest BCUT2D eigenvalue weighted by Gasteiger charge is 2.29. The fourth-order valence-electron chi connectivity index (χ4n) is 3.12. The van der Waals surface area contributed by atoms with E-state index in [1.807, 2.05) is 4.90 Å². The van der Waals surface area contributed by atoms with Crippen molar-refractivity contribution in [3.63, 3.8) is 0 Å². The molecule has 18 heavy (non-hydrogen) atoms. The Kier molecular flexibility index (Phi) is 4.30.